The third-order valence-electron chi connectivity index (χ3n) is 1.34. The van der Waals surface area contributed by atoms with Gasteiger partial charge in [-0.05, 0) is 0 Å². The average Bonchev–Trinajstić information content (AvgIpc) is 2.27. The predicted molar refractivity (Wildman–Crippen MR) is 53.5 cm³/mol. The molecular formula is C8H8IN. The van der Waals surface area contributed by atoms with Crippen LogP contribution in [0.5, 0.6) is 0 Å². The number of rotatable bonds is 0. The van der Waals surface area contributed by atoms with E-state index in [1.165, 1.54) is 9.42 Å². The Morgan fingerprint density at radius 3 is 3.10 bits per heavy atom. The Hall–Kier alpha value is -0.380. The van der Waals surface area contributed by atoms with Crippen molar-refractivity contribution in [1.29, 1.82) is 0 Å². The zero-order valence-electron chi connectivity index (χ0n) is 5.71. The summed E-state index contributed by atoms with van der Waals surface area (Å²) in [6, 6.07) is 0. The number of nitrogens with zero attached hydrogens (tertiary/aromatic N) is 1. The molecule has 2 rings (SSSR count). The number of allylic oxidation sites excluding steroid dienone is 4. The fraction of sp³-hybridized carbons (Fsp3) is 0.125. The minimum absolute atomic E-state index is 0.991. The van der Waals surface area contributed by atoms with E-state index in [4.69, 9.17) is 0 Å². The molecule has 52 valence electrons. The molecule has 0 radical (unpaired) electrons. The monoisotopic (exact) mass is 245 g/mol. The van der Waals surface area contributed by atoms with Gasteiger partial charge in [0.2, 0.25) is 0 Å². The van der Waals surface area contributed by atoms with Gasteiger partial charge in [0.25, 0.3) is 0 Å². The molecule has 0 fully saturated rings. The van der Waals surface area contributed by atoms with Crippen LogP contribution in [-0.4, -0.2) is 3.72 Å². The number of hydrogen-bond acceptors (Lipinski definition) is 1. The van der Waals surface area contributed by atoms with Crippen molar-refractivity contribution in [3.63, 3.8) is 0 Å². The molecule has 0 saturated heterocycles. The van der Waals surface area contributed by atoms with Crippen molar-refractivity contribution in [3.05, 3.63) is 32.1 Å². The van der Waals surface area contributed by atoms with Gasteiger partial charge in [0.05, 0.1) is 0 Å². The second kappa shape index (κ2) is 2.34. The van der Waals surface area contributed by atoms with Crippen LogP contribution < -0.4 is 0 Å². The van der Waals surface area contributed by atoms with Crippen LogP contribution in [0.2, 0.25) is 0 Å². The van der Waals surface area contributed by atoms with Gasteiger partial charge >= 0.3 is 67.5 Å². The van der Waals surface area contributed by atoms with E-state index in [-0.39, 0.29) is 0 Å². The Morgan fingerprint density at radius 1 is 1.40 bits per heavy atom. The molecule has 0 bridgehead atoms. The van der Waals surface area contributed by atoms with Gasteiger partial charge in [-0.1, -0.05) is 0 Å². The van der Waals surface area contributed by atoms with Crippen molar-refractivity contribution < 1.29 is 0 Å². The third-order valence-corrected chi connectivity index (χ3v) is 5.97. The van der Waals surface area contributed by atoms with Crippen molar-refractivity contribution in [2.45, 2.75) is 6.92 Å². The molecule has 2 aliphatic heterocycles. The standard InChI is InChI=1S/C8H8IN/c1-7-6-9-5-3-2-4-8(9)10-7/h2-6H,1H3. The maximum atomic E-state index is 4.42. The summed E-state index contributed by atoms with van der Waals surface area (Å²) < 4.78 is 5.99. The van der Waals surface area contributed by atoms with Gasteiger partial charge in [0.15, 0.2) is 0 Å². The summed E-state index contributed by atoms with van der Waals surface area (Å²) in [5, 5.41) is 0. The summed E-state index contributed by atoms with van der Waals surface area (Å²) in [4.78, 5) is 4.42. The molecule has 0 unspecified atom stereocenters. The van der Waals surface area contributed by atoms with Crippen LogP contribution in [0.1, 0.15) is 6.92 Å². The first kappa shape index (κ1) is 6.34. The van der Waals surface area contributed by atoms with Crippen molar-refractivity contribution >= 4 is 23.5 Å². The van der Waals surface area contributed by atoms with Crippen LogP contribution in [0.15, 0.2) is 37.1 Å². The van der Waals surface area contributed by atoms with E-state index in [1.54, 1.807) is 0 Å². The zero-order chi connectivity index (χ0) is 6.97. The molecule has 2 heteroatoms. The summed E-state index contributed by atoms with van der Waals surface area (Å²) in [6.07, 6.45) is 6.34. The Balaban J connectivity index is 2.40. The Kier molecular flexibility index (Phi) is 1.48. The van der Waals surface area contributed by atoms with E-state index < -0.39 is 19.8 Å². The molecule has 0 amide bonds. The quantitative estimate of drug-likeness (QED) is 0.582. The molecule has 0 aliphatic carbocycles. The van der Waals surface area contributed by atoms with Gasteiger partial charge in [-0.2, -0.15) is 0 Å². The Labute approximate surface area is 67.6 Å². The first-order chi connectivity index (χ1) is 4.86. The SMILES string of the molecule is CC1=CI2C=CC=CC2=N1. The fourth-order valence-corrected chi connectivity index (χ4v) is 4.91. The number of halogens is 1. The molecule has 0 aromatic rings. The van der Waals surface area contributed by atoms with Gasteiger partial charge in [-0.15, -0.1) is 0 Å². The Morgan fingerprint density at radius 2 is 2.30 bits per heavy atom. The van der Waals surface area contributed by atoms with Crippen molar-refractivity contribution in [2.75, 3.05) is 0 Å². The van der Waals surface area contributed by atoms with E-state index in [1.807, 2.05) is 0 Å². The second-order valence-corrected chi connectivity index (χ2v) is 6.62. The van der Waals surface area contributed by atoms with Crippen molar-refractivity contribution in [3.8, 4) is 0 Å². The number of aliphatic imine (C=N–C) groups is 1. The molecule has 0 aromatic heterocycles. The molecule has 0 saturated carbocycles. The van der Waals surface area contributed by atoms with Crippen LogP contribution in [0.25, 0.3) is 0 Å². The summed E-state index contributed by atoms with van der Waals surface area (Å²) >= 11 is -0.991. The molecule has 0 N–H and O–H groups in total. The summed E-state index contributed by atoms with van der Waals surface area (Å²) in [7, 11) is 0. The molecule has 0 aromatic carbocycles. The molecule has 2 aliphatic rings. The molecule has 10 heavy (non-hydrogen) atoms. The van der Waals surface area contributed by atoms with Crippen LogP contribution in [0.4, 0.5) is 0 Å². The van der Waals surface area contributed by atoms with E-state index in [2.05, 4.69) is 38.3 Å². The molecule has 0 spiro atoms. The molecule has 0 atom stereocenters. The topological polar surface area (TPSA) is 12.4 Å². The van der Waals surface area contributed by atoms with Crippen molar-refractivity contribution in [2.24, 2.45) is 4.99 Å². The molecule has 2 heterocycles. The van der Waals surface area contributed by atoms with E-state index in [0.29, 0.717) is 0 Å². The average molecular weight is 245 g/mol. The van der Waals surface area contributed by atoms with Gasteiger partial charge in [0, 0.05) is 0 Å². The fourth-order valence-electron chi connectivity index (χ4n) is 0.934. The minimum atomic E-state index is -0.991. The van der Waals surface area contributed by atoms with Crippen LogP contribution in [0, 0.1) is 0 Å². The third kappa shape index (κ3) is 0.963. The zero-order valence-corrected chi connectivity index (χ0v) is 7.87. The van der Waals surface area contributed by atoms with E-state index in [0.717, 1.165) is 0 Å². The Bertz CT molecular complexity index is 271. The van der Waals surface area contributed by atoms with Crippen molar-refractivity contribution in [1.82, 2.24) is 0 Å². The predicted octanol–water partition coefficient (Wildman–Crippen LogP) is 2.85. The summed E-state index contributed by atoms with van der Waals surface area (Å²) in [5.74, 6) is 0. The van der Waals surface area contributed by atoms with Crippen LogP contribution in [0.3, 0.4) is 0 Å². The summed E-state index contributed by atoms with van der Waals surface area (Å²) in [5.41, 5.74) is 1.20. The van der Waals surface area contributed by atoms with Gasteiger partial charge in [0.1, 0.15) is 0 Å². The summed E-state index contributed by atoms with van der Waals surface area (Å²) in [6.45, 7) is 2.07. The normalized spacial score (nSPS) is 24.3. The van der Waals surface area contributed by atoms with E-state index >= 15 is 0 Å². The van der Waals surface area contributed by atoms with Gasteiger partial charge in [-0.25, -0.2) is 0 Å². The van der Waals surface area contributed by atoms with E-state index in [9.17, 15) is 0 Å². The second-order valence-electron chi connectivity index (χ2n) is 2.21. The number of hydrogen-bond donors (Lipinski definition) is 0. The maximum absolute atomic E-state index is 4.42. The number of fused-ring (bicyclic) bond motifs is 1. The first-order valence-electron chi connectivity index (χ1n) is 3.15. The van der Waals surface area contributed by atoms with Gasteiger partial charge < -0.3 is 0 Å². The molecular weight excluding hydrogens is 237 g/mol. The first-order valence-corrected chi connectivity index (χ1v) is 6.72. The molecule has 1 nitrogen and oxygen atoms in total. The van der Waals surface area contributed by atoms with Crippen LogP contribution >= 0.6 is 19.8 Å². The van der Waals surface area contributed by atoms with Gasteiger partial charge in [-0.3, -0.25) is 0 Å². The van der Waals surface area contributed by atoms with Crippen LogP contribution in [-0.2, 0) is 0 Å².